The molecule has 86 valence electrons. The molecule has 0 atom stereocenters. The molecule has 1 nitrogen and oxygen atoms in total. The normalized spacial score (nSPS) is 21.6. The van der Waals surface area contributed by atoms with E-state index in [4.69, 9.17) is 2.81 Å². The zero-order valence-corrected chi connectivity index (χ0v) is 13.9. The van der Waals surface area contributed by atoms with Gasteiger partial charge >= 0.3 is 99.9 Å². The van der Waals surface area contributed by atoms with Gasteiger partial charge in [-0.2, -0.15) is 0 Å². The fourth-order valence-corrected chi connectivity index (χ4v) is 10.2. The van der Waals surface area contributed by atoms with Crippen LogP contribution in [0.15, 0.2) is 20.0 Å². The predicted octanol–water partition coefficient (Wildman–Crippen LogP) is 4.45. The van der Waals surface area contributed by atoms with Gasteiger partial charge in [0, 0.05) is 0 Å². The second-order valence-electron chi connectivity index (χ2n) is 5.59. The van der Waals surface area contributed by atoms with Crippen molar-refractivity contribution >= 4 is 0 Å². The van der Waals surface area contributed by atoms with Crippen molar-refractivity contribution in [1.29, 1.82) is 0 Å². The van der Waals surface area contributed by atoms with Crippen LogP contribution >= 0.6 is 0 Å². The van der Waals surface area contributed by atoms with Crippen molar-refractivity contribution in [2.24, 2.45) is 5.41 Å². The van der Waals surface area contributed by atoms with Gasteiger partial charge in [-0.1, -0.05) is 0 Å². The molecule has 15 heavy (non-hydrogen) atoms. The standard InChI is InChI=1S/C10H15.CH3O.2CH3.Zr/c1-7-6-10(4,5)9(3)8(7)2;1-2;;;/h1-5H3;1H3;2*1H3;/q;-1;;;+1. The average Bonchev–Trinajstić information content (AvgIpc) is 2.28. The van der Waals surface area contributed by atoms with Gasteiger partial charge in [-0.15, -0.1) is 0 Å². The van der Waals surface area contributed by atoms with E-state index in [2.05, 4.69) is 43.9 Å². The van der Waals surface area contributed by atoms with Gasteiger partial charge in [0.25, 0.3) is 0 Å². The van der Waals surface area contributed by atoms with Gasteiger partial charge in [0.2, 0.25) is 0 Å². The minimum absolute atomic E-state index is 0.226. The summed E-state index contributed by atoms with van der Waals surface area (Å²) < 4.78 is 12.2. The summed E-state index contributed by atoms with van der Waals surface area (Å²) in [5.74, 6) is 0. The molecule has 0 fully saturated rings. The van der Waals surface area contributed by atoms with E-state index in [0.29, 0.717) is 0 Å². The molecule has 0 N–H and O–H groups in total. The summed E-state index contributed by atoms with van der Waals surface area (Å²) in [7, 11) is 1.88. The van der Waals surface area contributed by atoms with E-state index >= 15 is 0 Å². The average molecular weight is 288 g/mol. The van der Waals surface area contributed by atoms with E-state index < -0.39 is 20.7 Å². The van der Waals surface area contributed by atoms with Gasteiger partial charge in [-0.25, -0.2) is 0 Å². The van der Waals surface area contributed by atoms with E-state index in [1.165, 1.54) is 16.7 Å². The third kappa shape index (κ3) is 1.96. The van der Waals surface area contributed by atoms with Gasteiger partial charge in [0.05, 0.1) is 0 Å². The molecule has 0 radical (unpaired) electrons. The summed E-state index contributed by atoms with van der Waals surface area (Å²) in [5, 5.41) is 0. The summed E-state index contributed by atoms with van der Waals surface area (Å²) in [4.78, 5) is 0. The first kappa shape index (κ1) is 13.4. The first-order valence-electron chi connectivity index (χ1n) is 5.61. The van der Waals surface area contributed by atoms with Gasteiger partial charge in [-0.3, -0.25) is 0 Å². The maximum atomic E-state index is 5.85. The molecule has 0 saturated heterocycles. The van der Waals surface area contributed by atoms with Crippen molar-refractivity contribution < 1.29 is 23.5 Å². The Balaban J connectivity index is 3.35. The Bertz CT molecular complexity index is 346. The molecule has 0 amide bonds. The first-order chi connectivity index (χ1) is 6.66. The molecule has 0 saturated carbocycles. The number of rotatable bonds is 2. The Kier molecular flexibility index (Phi) is 3.54. The SMILES string of the molecule is C[O][Zr]([CH3])([CH3])[C]1=C(C)C(C)=C(C)C1(C)C. The molecule has 0 bridgehead atoms. The zero-order valence-electron chi connectivity index (χ0n) is 11.4. The Morgan fingerprint density at radius 1 is 1.00 bits per heavy atom. The molecular weight excluding hydrogens is 263 g/mol. The quantitative estimate of drug-likeness (QED) is 0.729. The summed E-state index contributed by atoms with van der Waals surface area (Å²) in [6.45, 7) is 11.5. The van der Waals surface area contributed by atoms with E-state index in [0.717, 1.165) is 0 Å². The van der Waals surface area contributed by atoms with Crippen molar-refractivity contribution in [3.63, 3.8) is 0 Å². The van der Waals surface area contributed by atoms with Crippen LogP contribution in [0.25, 0.3) is 0 Å². The molecule has 0 unspecified atom stereocenters. The van der Waals surface area contributed by atoms with Crippen LogP contribution in [0.3, 0.4) is 0 Å². The van der Waals surface area contributed by atoms with Crippen molar-refractivity contribution in [2.45, 2.75) is 43.9 Å². The van der Waals surface area contributed by atoms with Crippen LogP contribution in [-0.4, -0.2) is 7.11 Å². The van der Waals surface area contributed by atoms with Crippen molar-refractivity contribution in [3.8, 4) is 0 Å². The third-order valence-electron chi connectivity index (χ3n) is 4.17. The molecule has 1 aliphatic rings. The molecule has 0 aromatic rings. The molecule has 1 aliphatic carbocycles. The minimum atomic E-state index is -2.46. The molecule has 0 aromatic heterocycles. The summed E-state index contributed by atoms with van der Waals surface area (Å²) in [6.07, 6.45) is 0. The zero-order chi connectivity index (χ0) is 12.0. The van der Waals surface area contributed by atoms with Gasteiger partial charge in [0.1, 0.15) is 0 Å². The Hall–Kier alpha value is 0.323. The fraction of sp³-hybridized carbons (Fsp3) is 0.692. The molecule has 0 spiro atoms. The van der Waals surface area contributed by atoms with Crippen LogP contribution in [0.5, 0.6) is 0 Å². The van der Waals surface area contributed by atoms with Gasteiger partial charge in [-0.05, 0) is 0 Å². The van der Waals surface area contributed by atoms with Gasteiger partial charge < -0.3 is 0 Å². The predicted molar refractivity (Wildman–Crippen MR) is 63.6 cm³/mol. The van der Waals surface area contributed by atoms with Gasteiger partial charge in [0.15, 0.2) is 0 Å². The Morgan fingerprint density at radius 2 is 1.47 bits per heavy atom. The van der Waals surface area contributed by atoms with E-state index in [1.54, 1.807) is 3.28 Å². The van der Waals surface area contributed by atoms with Crippen molar-refractivity contribution in [3.05, 3.63) is 20.0 Å². The molecule has 2 heteroatoms. The van der Waals surface area contributed by atoms with E-state index in [1.807, 2.05) is 7.11 Å². The molecule has 1 rings (SSSR count). The molecule has 0 heterocycles. The van der Waals surface area contributed by atoms with Crippen LogP contribution in [0, 0.1) is 5.41 Å². The molecule has 0 aromatic carbocycles. The first-order valence-corrected chi connectivity index (χ1v) is 12.8. The van der Waals surface area contributed by atoms with Crippen LogP contribution in [0.4, 0.5) is 0 Å². The van der Waals surface area contributed by atoms with E-state index in [9.17, 15) is 0 Å². The summed E-state index contributed by atoms with van der Waals surface area (Å²) >= 11 is -2.46. The summed E-state index contributed by atoms with van der Waals surface area (Å²) in [6, 6.07) is 0. The monoisotopic (exact) mass is 286 g/mol. The van der Waals surface area contributed by atoms with Crippen LogP contribution < -0.4 is 0 Å². The van der Waals surface area contributed by atoms with Crippen molar-refractivity contribution in [1.82, 2.24) is 0 Å². The summed E-state index contributed by atoms with van der Waals surface area (Å²) in [5.41, 5.74) is 4.73. The van der Waals surface area contributed by atoms with Crippen LogP contribution in [0.1, 0.15) is 34.6 Å². The van der Waals surface area contributed by atoms with Crippen LogP contribution in [-0.2, 0) is 23.5 Å². The second-order valence-corrected chi connectivity index (χ2v) is 15.2. The van der Waals surface area contributed by atoms with E-state index in [-0.39, 0.29) is 5.41 Å². The second kappa shape index (κ2) is 3.96. The van der Waals surface area contributed by atoms with Crippen molar-refractivity contribution in [2.75, 3.05) is 7.11 Å². The molecular formula is C13H24OZr. The maximum absolute atomic E-state index is 5.85. The topological polar surface area (TPSA) is 9.23 Å². The number of allylic oxidation sites excluding steroid dienone is 4. The number of hydrogen-bond acceptors (Lipinski definition) is 1. The van der Waals surface area contributed by atoms with Crippen LogP contribution in [0.2, 0.25) is 9.26 Å². The number of hydrogen-bond donors (Lipinski definition) is 0. The Morgan fingerprint density at radius 3 is 1.73 bits per heavy atom. The Labute approximate surface area is 99.6 Å². The fourth-order valence-electron chi connectivity index (χ4n) is 2.90. The third-order valence-corrected chi connectivity index (χ3v) is 12.1. The molecule has 0 aliphatic heterocycles.